The van der Waals surface area contributed by atoms with Gasteiger partial charge in [-0.25, -0.2) is 0 Å². The number of hydrogen-bond acceptors (Lipinski definition) is 8. The zero-order chi connectivity index (χ0) is 65.5. The van der Waals surface area contributed by atoms with Crippen LogP contribution in [-0.4, -0.2) is 70.0 Å². The Bertz CT molecular complexity index is 2220. The van der Waals surface area contributed by atoms with Crippen LogP contribution in [0.2, 0.25) is 0 Å². The fraction of sp³-hybridized carbons (Fsp3) is 0.575. The maximum absolute atomic E-state index is 12.9. The molecule has 0 spiro atoms. The van der Waals surface area contributed by atoms with Crippen molar-refractivity contribution in [2.75, 3.05) is 47.5 Å². The van der Waals surface area contributed by atoms with Crippen LogP contribution in [0.3, 0.4) is 0 Å². The molecule has 0 amide bonds. The van der Waals surface area contributed by atoms with E-state index in [0.29, 0.717) is 23.9 Å². The molecule has 506 valence electrons. The van der Waals surface area contributed by atoms with Crippen LogP contribution in [0.5, 0.6) is 0 Å². The SMILES string of the molecule is CC/C=C\C/C=C\C/C=C\C/C=C\C/C=C\C/C=C\C/C=C\C/C=C\C/C=C\C/C=C\CCCCCCCCCCC(=O)OC(COC(=O)CCCCCCCCCC/C=C\C/C=C\C/C=C\C/C=C\C/C=C\C/C=C\CC)COP(=O)([O-])OCC[N+](C)(C)C. The number of nitrogens with zero attached hydrogens (tertiary/aromatic N) is 1. The first-order chi connectivity index (χ1) is 44.0. The van der Waals surface area contributed by atoms with Crippen molar-refractivity contribution in [2.24, 2.45) is 0 Å². The van der Waals surface area contributed by atoms with E-state index in [0.717, 1.165) is 154 Å². The second-order valence-electron chi connectivity index (χ2n) is 23.8. The molecule has 0 N–H and O–H groups in total. The van der Waals surface area contributed by atoms with Gasteiger partial charge >= 0.3 is 11.9 Å². The number of rotatable bonds is 62. The van der Waals surface area contributed by atoms with Crippen molar-refractivity contribution in [1.82, 2.24) is 0 Å². The van der Waals surface area contributed by atoms with Crippen LogP contribution in [-0.2, 0) is 32.7 Å². The van der Waals surface area contributed by atoms with Gasteiger partial charge in [0.05, 0.1) is 27.7 Å². The van der Waals surface area contributed by atoms with Gasteiger partial charge in [0, 0.05) is 12.8 Å². The lowest BCUT2D eigenvalue weighted by Crippen LogP contribution is -2.37. The van der Waals surface area contributed by atoms with E-state index in [1.807, 2.05) is 21.1 Å². The second kappa shape index (κ2) is 68.2. The standard InChI is InChI=1S/C80H128NO8P/c1-6-8-10-12-14-16-18-20-22-24-26-28-30-32-34-35-36-37-38-39-40-41-42-43-44-45-47-49-51-53-55-57-59-61-63-65-67-69-71-73-80(83)89-78(77-88-90(84,85)87-75-74-81(3,4)5)76-86-79(82)72-70-68-66-64-62-60-58-56-54-52-50-48-46-33-31-29-27-25-23-21-19-17-15-13-11-9-7-2/h8-11,14-17,20-23,26-29,32-34,36-37,39-40,42-43,45-47,50-53,78H,6-7,12-13,18-19,24-25,30-31,35,38,41,44,48-49,54-77H2,1-5H3/b10-8-,11-9-,16-14-,17-15-,22-20-,23-21-,28-26-,29-27-,34-32-,37-36-,40-39-,43-42-,46-33-,47-45-,52-50-,53-51-. The molecule has 0 aliphatic rings. The maximum Gasteiger partial charge on any atom is 0.306 e. The average Bonchev–Trinajstić information content (AvgIpc) is 3.58. The third kappa shape index (κ3) is 71.9. The number of allylic oxidation sites excluding steroid dienone is 32. The molecule has 0 saturated heterocycles. The second-order valence-corrected chi connectivity index (χ2v) is 25.2. The molecule has 90 heavy (non-hydrogen) atoms. The molecule has 2 atom stereocenters. The normalized spacial score (nSPS) is 14.3. The highest BCUT2D eigenvalue weighted by Gasteiger charge is 2.22. The summed E-state index contributed by atoms with van der Waals surface area (Å²) in [7, 11) is 1.13. The van der Waals surface area contributed by atoms with Gasteiger partial charge in [-0.1, -0.05) is 285 Å². The van der Waals surface area contributed by atoms with E-state index in [-0.39, 0.29) is 26.1 Å². The number of quaternary nitrogens is 1. The van der Waals surface area contributed by atoms with Gasteiger partial charge < -0.3 is 27.9 Å². The van der Waals surface area contributed by atoms with Gasteiger partial charge in [0.15, 0.2) is 6.10 Å². The molecular weight excluding hydrogens is 1130 g/mol. The molecule has 0 saturated carbocycles. The molecule has 0 fully saturated rings. The Balaban J connectivity index is 4.17. The molecule has 0 aromatic carbocycles. The van der Waals surface area contributed by atoms with Crippen LogP contribution in [0.1, 0.15) is 245 Å². The molecule has 10 heteroatoms. The van der Waals surface area contributed by atoms with Crippen molar-refractivity contribution < 1.29 is 42.1 Å². The first-order valence-corrected chi connectivity index (χ1v) is 36.6. The van der Waals surface area contributed by atoms with Gasteiger partial charge in [0.25, 0.3) is 7.82 Å². The van der Waals surface area contributed by atoms with E-state index in [1.54, 1.807) is 0 Å². The fourth-order valence-electron chi connectivity index (χ4n) is 8.80. The molecule has 0 bridgehead atoms. The van der Waals surface area contributed by atoms with Crippen molar-refractivity contribution in [3.63, 3.8) is 0 Å². The molecule has 0 rings (SSSR count). The number of carbonyl (C=O) groups is 2. The highest BCUT2D eigenvalue weighted by molar-refractivity contribution is 7.45. The van der Waals surface area contributed by atoms with E-state index in [9.17, 15) is 19.0 Å². The van der Waals surface area contributed by atoms with E-state index >= 15 is 0 Å². The Morgan fingerprint density at radius 2 is 0.600 bits per heavy atom. The smallest absolute Gasteiger partial charge is 0.306 e. The largest absolute Gasteiger partial charge is 0.756 e. The maximum atomic E-state index is 12.9. The number of likely N-dealkylation sites (N-methyl/N-ethyl adjacent to an activating group) is 1. The first kappa shape index (κ1) is 84.8. The highest BCUT2D eigenvalue weighted by atomic mass is 31.2. The zero-order valence-electron chi connectivity index (χ0n) is 57.5. The number of ether oxygens (including phenoxy) is 2. The number of hydrogen-bond donors (Lipinski definition) is 0. The summed E-state index contributed by atoms with van der Waals surface area (Å²) >= 11 is 0. The summed E-state index contributed by atoms with van der Waals surface area (Å²) in [5.41, 5.74) is 0. The molecule has 0 aliphatic heterocycles. The molecule has 0 aromatic rings. The highest BCUT2D eigenvalue weighted by Crippen LogP contribution is 2.38. The zero-order valence-corrected chi connectivity index (χ0v) is 58.4. The number of carbonyl (C=O) groups excluding carboxylic acids is 2. The van der Waals surface area contributed by atoms with E-state index in [1.165, 1.54) is 51.4 Å². The van der Waals surface area contributed by atoms with Crippen LogP contribution in [0, 0.1) is 0 Å². The number of unbranched alkanes of at least 4 members (excludes halogenated alkanes) is 16. The van der Waals surface area contributed by atoms with E-state index < -0.39 is 32.5 Å². The van der Waals surface area contributed by atoms with Gasteiger partial charge in [-0.05, 0) is 141 Å². The average molecular weight is 1260 g/mol. The van der Waals surface area contributed by atoms with Crippen LogP contribution in [0.25, 0.3) is 0 Å². The Morgan fingerprint density at radius 3 is 0.889 bits per heavy atom. The Hall–Kier alpha value is -5.15. The Labute approximate surface area is 552 Å². The third-order valence-corrected chi connectivity index (χ3v) is 15.1. The van der Waals surface area contributed by atoms with Crippen LogP contribution >= 0.6 is 7.82 Å². The van der Waals surface area contributed by atoms with E-state index in [4.69, 9.17) is 18.5 Å². The van der Waals surface area contributed by atoms with Gasteiger partial charge in [-0.15, -0.1) is 0 Å². The monoisotopic (exact) mass is 1260 g/mol. The molecule has 2 unspecified atom stereocenters. The van der Waals surface area contributed by atoms with Crippen molar-refractivity contribution in [1.29, 1.82) is 0 Å². The van der Waals surface area contributed by atoms with Gasteiger partial charge in [0.1, 0.15) is 19.8 Å². The van der Waals surface area contributed by atoms with Crippen LogP contribution in [0.4, 0.5) is 0 Å². The van der Waals surface area contributed by atoms with Gasteiger partial charge in [-0.2, -0.15) is 0 Å². The van der Waals surface area contributed by atoms with Gasteiger partial charge in [-0.3, -0.25) is 14.2 Å². The quantitative estimate of drug-likeness (QED) is 0.0195. The van der Waals surface area contributed by atoms with Crippen molar-refractivity contribution in [3.8, 4) is 0 Å². The van der Waals surface area contributed by atoms with Gasteiger partial charge in [0.2, 0.25) is 0 Å². The topological polar surface area (TPSA) is 111 Å². The predicted molar refractivity (Wildman–Crippen MR) is 387 cm³/mol. The van der Waals surface area contributed by atoms with Crippen molar-refractivity contribution in [2.45, 2.75) is 251 Å². The summed E-state index contributed by atoms with van der Waals surface area (Å²) < 4.78 is 34.3. The lowest BCUT2D eigenvalue weighted by Gasteiger charge is -2.28. The van der Waals surface area contributed by atoms with Crippen molar-refractivity contribution in [3.05, 3.63) is 194 Å². The van der Waals surface area contributed by atoms with Crippen molar-refractivity contribution >= 4 is 19.8 Å². The molecule has 0 heterocycles. The van der Waals surface area contributed by atoms with Crippen LogP contribution < -0.4 is 4.89 Å². The summed E-state index contributed by atoms with van der Waals surface area (Å²) in [5.74, 6) is -0.866. The number of esters is 2. The predicted octanol–water partition coefficient (Wildman–Crippen LogP) is 22.6. The number of phosphoric acid groups is 1. The number of phosphoric ester groups is 1. The van der Waals surface area contributed by atoms with E-state index in [2.05, 4.69) is 208 Å². The minimum Gasteiger partial charge on any atom is -0.756 e. The summed E-state index contributed by atoms with van der Waals surface area (Å²) in [6.45, 7) is 3.97. The Kier molecular flexibility index (Phi) is 64.3. The molecule has 0 radical (unpaired) electrons. The Morgan fingerprint density at radius 1 is 0.344 bits per heavy atom. The molecule has 0 aromatic heterocycles. The summed E-state index contributed by atoms with van der Waals surface area (Å²) in [5, 5.41) is 0. The summed E-state index contributed by atoms with van der Waals surface area (Å²) in [6.07, 6.45) is 106. The lowest BCUT2D eigenvalue weighted by molar-refractivity contribution is -0.870. The summed E-state index contributed by atoms with van der Waals surface area (Å²) in [6, 6.07) is 0. The first-order valence-electron chi connectivity index (χ1n) is 35.1. The third-order valence-electron chi connectivity index (χ3n) is 14.1. The minimum absolute atomic E-state index is 0.0447. The molecule has 0 aliphatic carbocycles. The summed E-state index contributed by atoms with van der Waals surface area (Å²) in [4.78, 5) is 38.1. The fourth-order valence-corrected chi connectivity index (χ4v) is 9.53. The van der Waals surface area contributed by atoms with Crippen LogP contribution in [0.15, 0.2) is 194 Å². The lowest BCUT2D eigenvalue weighted by atomic mass is 10.1. The molecular formula is C80H128NO8P. The minimum atomic E-state index is -4.66. The molecule has 9 nitrogen and oxygen atoms in total.